The van der Waals surface area contributed by atoms with Gasteiger partial charge in [-0.05, 0) is 104 Å². The Balaban J connectivity index is 1.39. The monoisotopic (exact) mass is 550 g/mol. The van der Waals surface area contributed by atoms with Crippen LogP contribution in [0.4, 0.5) is 0 Å². The van der Waals surface area contributed by atoms with Gasteiger partial charge in [0.25, 0.3) is 0 Å². The fourth-order valence-corrected chi connectivity index (χ4v) is 10.6. The standard InChI is InChI=1S/C36H54O4/c1-24(2)11-10-12-25(3)30-15-16-31-29-18-22-36(40-33(38)27-13-8-7-9-14-27)23-28(39-26(4)37)17-21-35(36,6)32(29)19-20-34(30,31)5/h7-9,13-14,24-25,28-32H,10-12,15-23H2,1-6H3/t25-,28+,29+,30-,31+,32+,34-,35-,36-/m1/s1. The molecular weight excluding hydrogens is 496 g/mol. The Kier molecular flexibility index (Phi) is 8.48. The van der Waals surface area contributed by atoms with Crippen LogP contribution in [0.1, 0.15) is 129 Å². The highest BCUT2D eigenvalue weighted by Gasteiger charge is 2.67. The number of carbonyl (C=O) groups excluding carboxylic acids is 2. The van der Waals surface area contributed by atoms with Crippen molar-refractivity contribution in [3.05, 3.63) is 35.9 Å². The van der Waals surface area contributed by atoms with Gasteiger partial charge in [0.05, 0.1) is 5.56 Å². The van der Waals surface area contributed by atoms with Gasteiger partial charge in [-0.1, -0.05) is 72.1 Å². The molecule has 1 aromatic carbocycles. The van der Waals surface area contributed by atoms with Crippen molar-refractivity contribution >= 4 is 11.9 Å². The summed E-state index contributed by atoms with van der Waals surface area (Å²) in [6, 6.07) is 9.42. The van der Waals surface area contributed by atoms with Crippen LogP contribution in [0.3, 0.4) is 0 Å². The van der Waals surface area contributed by atoms with Gasteiger partial charge >= 0.3 is 11.9 Å². The summed E-state index contributed by atoms with van der Waals surface area (Å²) in [6.45, 7) is 13.8. The summed E-state index contributed by atoms with van der Waals surface area (Å²) >= 11 is 0. The van der Waals surface area contributed by atoms with E-state index in [4.69, 9.17) is 9.47 Å². The van der Waals surface area contributed by atoms with Crippen LogP contribution >= 0.6 is 0 Å². The van der Waals surface area contributed by atoms with E-state index >= 15 is 0 Å². The largest absolute Gasteiger partial charge is 0.462 e. The summed E-state index contributed by atoms with van der Waals surface area (Å²) < 4.78 is 12.4. The number of hydrogen-bond donors (Lipinski definition) is 0. The summed E-state index contributed by atoms with van der Waals surface area (Å²) in [6.07, 6.45) is 13.6. The molecule has 4 aliphatic rings. The maximum Gasteiger partial charge on any atom is 0.338 e. The van der Waals surface area contributed by atoms with E-state index in [1.54, 1.807) is 0 Å². The van der Waals surface area contributed by atoms with Crippen LogP contribution in [0, 0.1) is 46.3 Å². The third-order valence-electron chi connectivity index (χ3n) is 12.6. The van der Waals surface area contributed by atoms with Crippen LogP contribution in [0.2, 0.25) is 0 Å². The molecule has 9 atom stereocenters. The van der Waals surface area contributed by atoms with E-state index in [1.807, 2.05) is 30.3 Å². The molecule has 1 aromatic rings. The highest BCUT2D eigenvalue weighted by Crippen LogP contribution is 2.70. The third-order valence-corrected chi connectivity index (χ3v) is 12.6. The lowest BCUT2D eigenvalue weighted by molar-refractivity contribution is -0.224. The Hall–Kier alpha value is -1.84. The van der Waals surface area contributed by atoms with Crippen LogP contribution in [0.15, 0.2) is 30.3 Å². The second-order valence-electron chi connectivity index (χ2n) is 15.1. The molecule has 4 heteroatoms. The van der Waals surface area contributed by atoms with E-state index in [9.17, 15) is 9.59 Å². The highest BCUT2D eigenvalue weighted by atomic mass is 16.6. The molecule has 0 unspecified atom stereocenters. The van der Waals surface area contributed by atoms with Crippen LogP contribution in [0.5, 0.6) is 0 Å². The fourth-order valence-electron chi connectivity index (χ4n) is 10.6. The van der Waals surface area contributed by atoms with Crippen molar-refractivity contribution in [2.75, 3.05) is 0 Å². The van der Waals surface area contributed by atoms with E-state index in [1.165, 1.54) is 51.9 Å². The van der Waals surface area contributed by atoms with Gasteiger partial charge in [0.1, 0.15) is 11.7 Å². The number of fused-ring (bicyclic) bond motifs is 5. The maximum absolute atomic E-state index is 13.5. The highest BCUT2D eigenvalue weighted by molar-refractivity contribution is 5.89. The zero-order valence-corrected chi connectivity index (χ0v) is 26.0. The first-order valence-electron chi connectivity index (χ1n) is 16.4. The minimum Gasteiger partial charge on any atom is -0.462 e. The summed E-state index contributed by atoms with van der Waals surface area (Å²) in [5.41, 5.74) is 0.358. The number of benzene rings is 1. The topological polar surface area (TPSA) is 52.6 Å². The first kappa shape index (κ1) is 29.6. The molecular formula is C36H54O4. The maximum atomic E-state index is 13.5. The average Bonchev–Trinajstić information content (AvgIpc) is 3.26. The zero-order valence-electron chi connectivity index (χ0n) is 26.0. The summed E-state index contributed by atoms with van der Waals surface area (Å²) in [4.78, 5) is 25.5. The van der Waals surface area contributed by atoms with E-state index in [-0.39, 0.29) is 23.5 Å². The minimum atomic E-state index is -0.588. The molecule has 0 aliphatic heterocycles. The van der Waals surface area contributed by atoms with E-state index < -0.39 is 5.60 Å². The van der Waals surface area contributed by atoms with Crippen LogP contribution < -0.4 is 0 Å². The Morgan fingerprint density at radius 3 is 2.35 bits per heavy atom. The third kappa shape index (κ3) is 5.26. The first-order valence-corrected chi connectivity index (χ1v) is 16.4. The fraction of sp³-hybridized carbons (Fsp3) is 0.778. The number of ether oxygens (including phenoxy) is 2. The molecule has 0 radical (unpaired) electrons. The van der Waals surface area contributed by atoms with Crippen molar-refractivity contribution in [1.29, 1.82) is 0 Å². The molecule has 4 nitrogen and oxygen atoms in total. The molecule has 0 N–H and O–H groups in total. The molecule has 222 valence electrons. The van der Waals surface area contributed by atoms with Gasteiger partial charge in [-0.3, -0.25) is 4.79 Å². The van der Waals surface area contributed by atoms with Gasteiger partial charge in [-0.15, -0.1) is 0 Å². The van der Waals surface area contributed by atoms with Crippen molar-refractivity contribution in [3.63, 3.8) is 0 Å². The van der Waals surface area contributed by atoms with Crippen molar-refractivity contribution in [2.45, 2.75) is 130 Å². The predicted molar refractivity (Wildman–Crippen MR) is 160 cm³/mol. The van der Waals surface area contributed by atoms with Crippen LogP contribution in [0.25, 0.3) is 0 Å². The van der Waals surface area contributed by atoms with Gasteiger partial charge in [0.2, 0.25) is 0 Å². The second-order valence-corrected chi connectivity index (χ2v) is 15.1. The smallest absolute Gasteiger partial charge is 0.338 e. The van der Waals surface area contributed by atoms with Gasteiger partial charge in [-0.2, -0.15) is 0 Å². The lowest BCUT2D eigenvalue weighted by Gasteiger charge is -2.65. The van der Waals surface area contributed by atoms with Gasteiger partial charge in [0, 0.05) is 18.8 Å². The zero-order chi connectivity index (χ0) is 28.7. The summed E-state index contributed by atoms with van der Waals surface area (Å²) in [7, 11) is 0. The lowest BCUT2D eigenvalue weighted by Crippen LogP contribution is -2.64. The average molecular weight is 551 g/mol. The first-order chi connectivity index (χ1) is 19.0. The Labute approximate surface area is 243 Å². The molecule has 0 bridgehead atoms. The number of esters is 2. The predicted octanol–water partition coefficient (Wildman–Crippen LogP) is 9.02. The van der Waals surface area contributed by atoms with Crippen molar-refractivity contribution < 1.29 is 19.1 Å². The lowest BCUT2D eigenvalue weighted by atomic mass is 9.43. The van der Waals surface area contributed by atoms with Gasteiger partial charge < -0.3 is 9.47 Å². The van der Waals surface area contributed by atoms with Crippen LogP contribution in [-0.4, -0.2) is 23.6 Å². The van der Waals surface area contributed by atoms with Crippen LogP contribution in [-0.2, 0) is 14.3 Å². The SMILES string of the molecule is CC(=O)O[C@H]1CC[C@]2(C)[C@H]3CC[C@]4(C)[C@@H]([C@H](C)CCCC(C)C)CC[C@H]4[C@@H]3CC[C@@]2(OC(=O)c2ccccc2)C1. The molecule has 0 saturated heterocycles. The van der Waals surface area contributed by atoms with E-state index in [2.05, 4.69) is 34.6 Å². The molecule has 4 aliphatic carbocycles. The number of rotatable bonds is 8. The molecule has 0 amide bonds. The van der Waals surface area contributed by atoms with E-state index in [0.717, 1.165) is 49.4 Å². The number of hydrogen-bond acceptors (Lipinski definition) is 4. The molecule has 4 saturated carbocycles. The van der Waals surface area contributed by atoms with Gasteiger partial charge in [0.15, 0.2) is 0 Å². The molecule has 40 heavy (non-hydrogen) atoms. The Morgan fingerprint density at radius 1 is 0.900 bits per heavy atom. The van der Waals surface area contributed by atoms with E-state index in [0.29, 0.717) is 29.2 Å². The molecule has 0 spiro atoms. The molecule has 0 heterocycles. The second kappa shape index (κ2) is 11.4. The Morgan fingerprint density at radius 2 is 1.65 bits per heavy atom. The van der Waals surface area contributed by atoms with Crippen molar-refractivity contribution in [3.8, 4) is 0 Å². The molecule has 4 fully saturated rings. The van der Waals surface area contributed by atoms with Crippen molar-refractivity contribution in [1.82, 2.24) is 0 Å². The van der Waals surface area contributed by atoms with Crippen molar-refractivity contribution in [2.24, 2.45) is 46.3 Å². The normalized spacial score (nSPS) is 39.5. The summed E-state index contributed by atoms with van der Waals surface area (Å²) in [5.74, 6) is 3.99. The molecule has 0 aromatic heterocycles. The quantitative estimate of drug-likeness (QED) is 0.303. The van der Waals surface area contributed by atoms with Gasteiger partial charge in [-0.25, -0.2) is 4.79 Å². The minimum absolute atomic E-state index is 0.0979. The summed E-state index contributed by atoms with van der Waals surface area (Å²) in [5, 5.41) is 0. The number of carbonyl (C=O) groups is 2. The molecule has 5 rings (SSSR count). The Bertz CT molecular complexity index is 1050.